The van der Waals surface area contributed by atoms with Crippen molar-refractivity contribution in [1.82, 2.24) is 5.32 Å². The normalized spacial score (nSPS) is 19.1. The molecule has 90 valence electrons. The average Bonchev–Trinajstić information content (AvgIpc) is 2.38. The maximum absolute atomic E-state index is 11.2. The van der Waals surface area contributed by atoms with Crippen LogP contribution in [-0.2, 0) is 9.47 Å². The molecule has 1 aliphatic rings. The number of amides is 1. The van der Waals surface area contributed by atoms with E-state index in [0.29, 0.717) is 12.2 Å². The Labute approximate surface area is 98.7 Å². The SMILES string of the molecule is COC(=O)c1ccc([C@H]2CCOC(=O)N2)cc1. The van der Waals surface area contributed by atoms with Crippen molar-refractivity contribution >= 4 is 12.1 Å². The van der Waals surface area contributed by atoms with E-state index >= 15 is 0 Å². The smallest absolute Gasteiger partial charge is 0.407 e. The fraction of sp³-hybridized carbons (Fsp3) is 0.333. The molecule has 5 heteroatoms. The summed E-state index contributed by atoms with van der Waals surface area (Å²) in [6.07, 6.45) is 0.321. The van der Waals surface area contributed by atoms with Crippen molar-refractivity contribution in [2.75, 3.05) is 13.7 Å². The van der Waals surface area contributed by atoms with Crippen molar-refractivity contribution in [3.05, 3.63) is 35.4 Å². The van der Waals surface area contributed by atoms with Gasteiger partial charge in [0.1, 0.15) is 0 Å². The van der Waals surface area contributed by atoms with Crippen LogP contribution in [-0.4, -0.2) is 25.8 Å². The molecule has 1 atom stereocenters. The zero-order valence-electron chi connectivity index (χ0n) is 9.43. The van der Waals surface area contributed by atoms with Crippen LogP contribution in [0.1, 0.15) is 28.4 Å². The number of cyclic esters (lactones) is 1. The lowest BCUT2D eigenvalue weighted by atomic mass is 10.0. The molecule has 0 saturated carbocycles. The highest BCUT2D eigenvalue weighted by Crippen LogP contribution is 2.20. The van der Waals surface area contributed by atoms with E-state index in [-0.39, 0.29) is 12.0 Å². The molecule has 1 amide bonds. The van der Waals surface area contributed by atoms with Crippen LogP contribution >= 0.6 is 0 Å². The van der Waals surface area contributed by atoms with Crippen molar-refractivity contribution in [2.45, 2.75) is 12.5 Å². The highest BCUT2D eigenvalue weighted by Gasteiger charge is 2.20. The Morgan fingerprint density at radius 1 is 1.41 bits per heavy atom. The maximum Gasteiger partial charge on any atom is 0.407 e. The fourth-order valence-corrected chi connectivity index (χ4v) is 1.74. The average molecular weight is 235 g/mol. The van der Waals surface area contributed by atoms with Crippen LogP contribution in [0.4, 0.5) is 4.79 Å². The fourth-order valence-electron chi connectivity index (χ4n) is 1.74. The molecule has 1 heterocycles. The summed E-state index contributed by atoms with van der Waals surface area (Å²) < 4.78 is 9.39. The van der Waals surface area contributed by atoms with E-state index < -0.39 is 6.09 Å². The molecule has 17 heavy (non-hydrogen) atoms. The lowest BCUT2D eigenvalue weighted by Crippen LogP contribution is -2.35. The second kappa shape index (κ2) is 4.86. The van der Waals surface area contributed by atoms with Gasteiger partial charge in [-0.25, -0.2) is 9.59 Å². The Kier molecular flexibility index (Phi) is 3.27. The minimum atomic E-state index is -0.404. The first kappa shape index (κ1) is 11.4. The summed E-state index contributed by atoms with van der Waals surface area (Å²) in [7, 11) is 1.34. The molecule has 1 aliphatic heterocycles. The topological polar surface area (TPSA) is 64.6 Å². The van der Waals surface area contributed by atoms with Crippen LogP contribution in [0.15, 0.2) is 24.3 Å². The van der Waals surface area contributed by atoms with Gasteiger partial charge in [-0.05, 0) is 17.7 Å². The van der Waals surface area contributed by atoms with Crippen molar-refractivity contribution in [2.24, 2.45) is 0 Å². The number of carbonyl (C=O) groups is 2. The van der Waals surface area contributed by atoms with Gasteiger partial charge in [-0.3, -0.25) is 0 Å². The number of hydrogen-bond donors (Lipinski definition) is 1. The van der Waals surface area contributed by atoms with Crippen LogP contribution in [0.25, 0.3) is 0 Å². The van der Waals surface area contributed by atoms with E-state index in [0.717, 1.165) is 12.0 Å². The lowest BCUT2D eigenvalue weighted by Gasteiger charge is -2.23. The number of hydrogen-bond acceptors (Lipinski definition) is 4. The molecule has 2 rings (SSSR count). The molecular weight excluding hydrogens is 222 g/mol. The first-order valence-electron chi connectivity index (χ1n) is 5.32. The number of ether oxygens (including phenoxy) is 2. The van der Waals surface area contributed by atoms with Crippen LogP contribution in [0, 0.1) is 0 Å². The molecule has 1 aromatic rings. The molecule has 0 radical (unpaired) electrons. The maximum atomic E-state index is 11.2. The zero-order chi connectivity index (χ0) is 12.3. The molecule has 0 bridgehead atoms. The molecular formula is C12H13NO4. The van der Waals surface area contributed by atoms with Gasteiger partial charge in [0.05, 0.1) is 25.3 Å². The number of rotatable bonds is 2. The van der Waals surface area contributed by atoms with Crippen molar-refractivity contribution < 1.29 is 19.1 Å². The summed E-state index contributed by atoms with van der Waals surface area (Å²) in [4.78, 5) is 22.3. The van der Waals surface area contributed by atoms with E-state index in [1.54, 1.807) is 12.1 Å². The Morgan fingerprint density at radius 2 is 2.12 bits per heavy atom. The van der Waals surface area contributed by atoms with Gasteiger partial charge in [0.25, 0.3) is 0 Å². The third-order valence-electron chi connectivity index (χ3n) is 2.67. The van der Waals surface area contributed by atoms with Crippen LogP contribution in [0.3, 0.4) is 0 Å². The minimum absolute atomic E-state index is 0.0528. The van der Waals surface area contributed by atoms with E-state index in [9.17, 15) is 9.59 Å². The molecule has 5 nitrogen and oxygen atoms in total. The largest absolute Gasteiger partial charge is 0.465 e. The predicted octanol–water partition coefficient (Wildman–Crippen LogP) is 1.64. The summed E-state index contributed by atoms with van der Waals surface area (Å²) >= 11 is 0. The summed E-state index contributed by atoms with van der Waals surface area (Å²) in [5, 5.41) is 2.72. The van der Waals surface area contributed by atoms with Gasteiger partial charge < -0.3 is 14.8 Å². The van der Waals surface area contributed by atoms with Gasteiger partial charge in [-0.15, -0.1) is 0 Å². The van der Waals surface area contributed by atoms with Gasteiger partial charge in [-0.2, -0.15) is 0 Å². The minimum Gasteiger partial charge on any atom is -0.465 e. The summed E-state index contributed by atoms with van der Waals surface area (Å²) in [5.74, 6) is -0.368. The molecule has 0 aliphatic carbocycles. The standard InChI is InChI=1S/C12H13NO4/c1-16-11(14)9-4-2-8(3-5-9)10-6-7-17-12(15)13-10/h2-5,10H,6-7H2,1H3,(H,13,15)/t10-/m1/s1. The third-order valence-corrected chi connectivity index (χ3v) is 2.67. The van der Waals surface area contributed by atoms with Gasteiger partial charge in [0.15, 0.2) is 0 Å². The molecule has 1 aromatic carbocycles. The van der Waals surface area contributed by atoms with Crippen molar-refractivity contribution in [3.8, 4) is 0 Å². The van der Waals surface area contributed by atoms with E-state index in [1.165, 1.54) is 7.11 Å². The number of alkyl carbamates (subject to hydrolysis) is 1. The van der Waals surface area contributed by atoms with Gasteiger partial charge in [-0.1, -0.05) is 12.1 Å². The molecule has 0 aromatic heterocycles. The Bertz CT molecular complexity index is 427. The molecule has 1 N–H and O–H groups in total. The van der Waals surface area contributed by atoms with E-state index in [4.69, 9.17) is 4.74 Å². The van der Waals surface area contributed by atoms with E-state index in [2.05, 4.69) is 10.1 Å². The first-order chi connectivity index (χ1) is 8.20. The highest BCUT2D eigenvalue weighted by atomic mass is 16.6. The molecule has 0 spiro atoms. The summed E-state index contributed by atoms with van der Waals surface area (Å²) in [6.45, 7) is 0.412. The second-order valence-electron chi connectivity index (χ2n) is 3.74. The van der Waals surface area contributed by atoms with Crippen molar-refractivity contribution in [3.63, 3.8) is 0 Å². The predicted molar refractivity (Wildman–Crippen MR) is 59.6 cm³/mol. The van der Waals surface area contributed by atoms with Gasteiger partial charge in [0.2, 0.25) is 0 Å². The summed E-state index contributed by atoms with van der Waals surface area (Å²) in [5.41, 5.74) is 1.45. The summed E-state index contributed by atoms with van der Waals surface area (Å²) in [6, 6.07) is 6.93. The molecule has 1 saturated heterocycles. The number of carbonyl (C=O) groups excluding carboxylic acids is 2. The quantitative estimate of drug-likeness (QED) is 0.791. The third kappa shape index (κ3) is 2.55. The highest BCUT2D eigenvalue weighted by molar-refractivity contribution is 5.89. The van der Waals surface area contributed by atoms with Crippen LogP contribution in [0.2, 0.25) is 0 Å². The van der Waals surface area contributed by atoms with Gasteiger partial charge in [0, 0.05) is 6.42 Å². The molecule has 1 fully saturated rings. The number of esters is 1. The van der Waals surface area contributed by atoms with E-state index in [1.807, 2.05) is 12.1 Å². The Balaban J connectivity index is 2.12. The Hall–Kier alpha value is -2.04. The Morgan fingerprint density at radius 3 is 2.71 bits per heavy atom. The van der Waals surface area contributed by atoms with Crippen LogP contribution in [0.5, 0.6) is 0 Å². The number of nitrogens with one attached hydrogen (secondary N) is 1. The van der Waals surface area contributed by atoms with Crippen molar-refractivity contribution in [1.29, 1.82) is 0 Å². The van der Waals surface area contributed by atoms with Gasteiger partial charge >= 0.3 is 12.1 Å². The molecule has 0 unspecified atom stereocenters. The van der Waals surface area contributed by atoms with Crippen LogP contribution < -0.4 is 5.32 Å². The zero-order valence-corrected chi connectivity index (χ0v) is 9.43. The first-order valence-corrected chi connectivity index (χ1v) is 5.32. The lowest BCUT2D eigenvalue weighted by molar-refractivity contribution is 0.0600. The number of benzene rings is 1. The number of methoxy groups -OCH3 is 1. The second-order valence-corrected chi connectivity index (χ2v) is 3.74. The monoisotopic (exact) mass is 235 g/mol.